The number of carbonyl (C=O) groups excluding carboxylic acids is 1. The predicted molar refractivity (Wildman–Crippen MR) is 75.7 cm³/mol. The van der Waals surface area contributed by atoms with Gasteiger partial charge in [0.25, 0.3) is 5.91 Å². The molecule has 104 valence electrons. The Morgan fingerprint density at radius 1 is 1.21 bits per heavy atom. The summed E-state index contributed by atoms with van der Waals surface area (Å²) in [6.07, 6.45) is 1.92. The molecular formula is C16H23NO2. The zero-order valence-corrected chi connectivity index (χ0v) is 11.8. The van der Waals surface area contributed by atoms with Crippen molar-refractivity contribution in [2.24, 2.45) is 5.92 Å². The summed E-state index contributed by atoms with van der Waals surface area (Å²) in [5, 5.41) is 0. The van der Waals surface area contributed by atoms with Gasteiger partial charge >= 0.3 is 0 Å². The van der Waals surface area contributed by atoms with Gasteiger partial charge in [-0.25, -0.2) is 0 Å². The summed E-state index contributed by atoms with van der Waals surface area (Å²) in [5.41, 5.74) is 1.11. The fourth-order valence-electron chi connectivity index (χ4n) is 2.43. The zero-order chi connectivity index (χ0) is 13.7. The lowest BCUT2D eigenvalue weighted by atomic mass is 10.1. The summed E-state index contributed by atoms with van der Waals surface area (Å²) in [6.45, 7) is 6.37. The zero-order valence-electron chi connectivity index (χ0n) is 11.8. The first-order valence-electron chi connectivity index (χ1n) is 7.13. The fraction of sp³-hybridized carbons (Fsp3) is 0.562. The first kappa shape index (κ1) is 14.1. The van der Waals surface area contributed by atoms with E-state index in [0.29, 0.717) is 6.61 Å². The van der Waals surface area contributed by atoms with Gasteiger partial charge in [0, 0.05) is 13.1 Å². The molecule has 1 aliphatic heterocycles. The molecule has 0 spiro atoms. The number of likely N-dealkylation sites (tertiary alicyclic amines) is 1. The average Bonchev–Trinajstić information content (AvgIpc) is 2.93. The second kappa shape index (κ2) is 6.71. The lowest BCUT2D eigenvalue weighted by Crippen LogP contribution is -2.41. The highest BCUT2D eigenvalue weighted by molar-refractivity contribution is 5.81. The van der Waals surface area contributed by atoms with Gasteiger partial charge in [0.15, 0.2) is 0 Å². The number of carbonyl (C=O) groups is 1. The standard InChI is InChI=1S/C16H23NO2/c1-13(2)15(16(18)17-10-6-7-11-17)19-12-14-8-4-3-5-9-14/h3-5,8-9,13,15H,6-7,10-12H2,1-2H3/t15-/m0/s1. The van der Waals surface area contributed by atoms with E-state index in [2.05, 4.69) is 0 Å². The smallest absolute Gasteiger partial charge is 0.251 e. The first-order chi connectivity index (χ1) is 9.18. The molecule has 3 nitrogen and oxygen atoms in total. The molecule has 0 N–H and O–H groups in total. The fourth-order valence-corrected chi connectivity index (χ4v) is 2.43. The van der Waals surface area contributed by atoms with Crippen molar-refractivity contribution in [1.29, 1.82) is 0 Å². The van der Waals surface area contributed by atoms with Crippen LogP contribution in [0.15, 0.2) is 30.3 Å². The Morgan fingerprint density at radius 3 is 2.42 bits per heavy atom. The molecule has 0 radical (unpaired) electrons. The van der Waals surface area contributed by atoms with Gasteiger partial charge < -0.3 is 9.64 Å². The van der Waals surface area contributed by atoms with Gasteiger partial charge in [-0.3, -0.25) is 4.79 Å². The highest BCUT2D eigenvalue weighted by Crippen LogP contribution is 2.17. The summed E-state index contributed by atoms with van der Waals surface area (Å²) >= 11 is 0. The molecule has 0 unspecified atom stereocenters. The minimum atomic E-state index is -0.321. The SMILES string of the molecule is CC(C)[C@H](OCc1ccccc1)C(=O)N1CCCC1. The quantitative estimate of drug-likeness (QED) is 0.815. The molecule has 19 heavy (non-hydrogen) atoms. The second-order valence-electron chi connectivity index (χ2n) is 5.49. The van der Waals surface area contributed by atoms with Crippen LogP contribution in [0.4, 0.5) is 0 Å². The Bertz CT molecular complexity index is 396. The van der Waals surface area contributed by atoms with E-state index in [4.69, 9.17) is 4.74 Å². The molecule has 1 aromatic rings. The van der Waals surface area contributed by atoms with Crippen LogP contribution < -0.4 is 0 Å². The van der Waals surface area contributed by atoms with Crippen LogP contribution in [0.2, 0.25) is 0 Å². The number of benzene rings is 1. The van der Waals surface area contributed by atoms with E-state index < -0.39 is 0 Å². The van der Waals surface area contributed by atoms with E-state index in [9.17, 15) is 4.79 Å². The van der Waals surface area contributed by atoms with E-state index in [1.54, 1.807) is 0 Å². The minimum absolute atomic E-state index is 0.156. The molecule has 1 saturated heterocycles. The van der Waals surface area contributed by atoms with Gasteiger partial charge in [-0.05, 0) is 24.3 Å². The average molecular weight is 261 g/mol. The summed E-state index contributed by atoms with van der Waals surface area (Å²) in [6, 6.07) is 10.0. The van der Waals surface area contributed by atoms with Crippen molar-refractivity contribution in [3.63, 3.8) is 0 Å². The summed E-state index contributed by atoms with van der Waals surface area (Å²) in [5.74, 6) is 0.361. The van der Waals surface area contributed by atoms with Crippen molar-refractivity contribution in [1.82, 2.24) is 4.90 Å². The third kappa shape index (κ3) is 3.80. The van der Waals surface area contributed by atoms with Crippen molar-refractivity contribution in [2.45, 2.75) is 39.4 Å². The van der Waals surface area contributed by atoms with Crippen LogP contribution in [0, 0.1) is 5.92 Å². The van der Waals surface area contributed by atoms with Gasteiger partial charge in [0.1, 0.15) is 6.10 Å². The van der Waals surface area contributed by atoms with Crippen LogP contribution in [-0.4, -0.2) is 30.0 Å². The van der Waals surface area contributed by atoms with Crippen LogP contribution in [0.25, 0.3) is 0 Å². The highest BCUT2D eigenvalue weighted by atomic mass is 16.5. The van der Waals surface area contributed by atoms with E-state index in [-0.39, 0.29) is 17.9 Å². The third-order valence-electron chi connectivity index (χ3n) is 3.54. The number of nitrogens with zero attached hydrogens (tertiary/aromatic N) is 1. The normalized spacial score (nSPS) is 16.9. The predicted octanol–water partition coefficient (Wildman–Crippen LogP) is 2.85. The maximum absolute atomic E-state index is 12.4. The van der Waals surface area contributed by atoms with Crippen molar-refractivity contribution in [3.8, 4) is 0 Å². The van der Waals surface area contributed by atoms with Crippen molar-refractivity contribution >= 4 is 5.91 Å². The summed E-state index contributed by atoms with van der Waals surface area (Å²) < 4.78 is 5.87. The van der Waals surface area contributed by atoms with E-state index in [1.807, 2.05) is 49.1 Å². The lowest BCUT2D eigenvalue weighted by molar-refractivity contribution is -0.146. The van der Waals surface area contributed by atoms with Crippen molar-refractivity contribution < 1.29 is 9.53 Å². The number of ether oxygens (including phenoxy) is 1. The monoisotopic (exact) mass is 261 g/mol. The van der Waals surface area contributed by atoms with E-state index >= 15 is 0 Å². The molecule has 0 saturated carbocycles. The molecule has 1 heterocycles. The van der Waals surface area contributed by atoms with Gasteiger partial charge in [-0.1, -0.05) is 44.2 Å². The number of rotatable bonds is 5. The number of hydrogen-bond acceptors (Lipinski definition) is 2. The molecule has 1 fully saturated rings. The Morgan fingerprint density at radius 2 is 1.84 bits per heavy atom. The molecule has 1 atom stereocenters. The Hall–Kier alpha value is -1.35. The largest absolute Gasteiger partial charge is 0.363 e. The highest BCUT2D eigenvalue weighted by Gasteiger charge is 2.29. The molecule has 1 aliphatic rings. The minimum Gasteiger partial charge on any atom is -0.363 e. The first-order valence-corrected chi connectivity index (χ1v) is 7.13. The van der Waals surface area contributed by atoms with Crippen molar-refractivity contribution in [2.75, 3.05) is 13.1 Å². The summed E-state index contributed by atoms with van der Waals surface area (Å²) in [7, 11) is 0. The molecule has 0 aliphatic carbocycles. The molecule has 1 amide bonds. The maximum Gasteiger partial charge on any atom is 0.251 e. The molecule has 2 rings (SSSR count). The van der Waals surface area contributed by atoms with Gasteiger partial charge in [-0.2, -0.15) is 0 Å². The van der Waals surface area contributed by atoms with Crippen LogP contribution in [-0.2, 0) is 16.1 Å². The second-order valence-corrected chi connectivity index (χ2v) is 5.49. The molecule has 1 aromatic carbocycles. The molecule has 3 heteroatoms. The molecule has 0 aromatic heterocycles. The van der Waals surface area contributed by atoms with E-state index in [0.717, 1.165) is 31.5 Å². The Balaban J connectivity index is 1.94. The number of amides is 1. The van der Waals surface area contributed by atoms with Crippen LogP contribution in [0.5, 0.6) is 0 Å². The number of hydrogen-bond donors (Lipinski definition) is 0. The van der Waals surface area contributed by atoms with Gasteiger partial charge in [0.2, 0.25) is 0 Å². The Kier molecular flexibility index (Phi) is 4.97. The molecular weight excluding hydrogens is 238 g/mol. The van der Waals surface area contributed by atoms with Crippen LogP contribution >= 0.6 is 0 Å². The van der Waals surface area contributed by atoms with Crippen molar-refractivity contribution in [3.05, 3.63) is 35.9 Å². The van der Waals surface area contributed by atoms with E-state index in [1.165, 1.54) is 0 Å². The van der Waals surface area contributed by atoms with Gasteiger partial charge in [0.05, 0.1) is 6.61 Å². The lowest BCUT2D eigenvalue weighted by Gasteiger charge is -2.26. The topological polar surface area (TPSA) is 29.5 Å². The molecule has 0 bridgehead atoms. The van der Waals surface area contributed by atoms with Crippen LogP contribution in [0.3, 0.4) is 0 Å². The third-order valence-corrected chi connectivity index (χ3v) is 3.54. The van der Waals surface area contributed by atoms with Gasteiger partial charge in [-0.15, -0.1) is 0 Å². The summed E-state index contributed by atoms with van der Waals surface area (Å²) in [4.78, 5) is 14.3. The van der Waals surface area contributed by atoms with Crippen LogP contribution in [0.1, 0.15) is 32.3 Å². The Labute approximate surface area is 115 Å². The maximum atomic E-state index is 12.4.